The molecule has 0 saturated heterocycles. The summed E-state index contributed by atoms with van der Waals surface area (Å²) in [6, 6.07) is 27.7. The van der Waals surface area contributed by atoms with Gasteiger partial charge in [-0.1, -0.05) is 60.7 Å². The summed E-state index contributed by atoms with van der Waals surface area (Å²) in [5.74, 6) is 0.393. The molecule has 0 unspecified atom stereocenters. The zero-order valence-corrected chi connectivity index (χ0v) is 14.3. The molecule has 0 saturated carbocycles. The van der Waals surface area contributed by atoms with Gasteiger partial charge in [-0.15, -0.1) is 0 Å². The summed E-state index contributed by atoms with van der Waals surface area (Å²) in [4.78, 5) is 9.02. The van der Waals surface area contributed by atoms with Crippen molar-refractivity contribution in [2.45, 2.75) is 12.3 Å². The molecule has 124 valence electrons. The van der Waals surface area contributed by atoms with Gasteiger partial charge in [-0.05, 0) is 52.4 Å². The number of hydrogen-bond donors (Lipinski definition) is 0. The molecular formula is C24H18N2. The summed E-state index contributed by atoms with van der Waals surface area (Å²) in [6.45, 7) is 0. The van der Waals surface area contributed by atoms with E-state index in [2.05, 4.69) is 70.6 Å². The van der Waals surface area contributed by atoms with E-state index in [0.717, 1.165) is 17.8 Å². The van der Waals surface area contributed by atoms with Crippen LogP contribution in [0.3, 0.4) is 0 Å². The number of fused-ring (bicyclic) bond motifs is 3. The Hall–Kier alpha value is -3.26. The van der Waals surface area contributed by atoms with Gasteiger partial charge < -0.3 is 0 Å². The number of rotatable bonds is 3. The number of nitrogens with zero attached hydrogens (tertiary/aromatic N) is 2. The van der Waals surface area contributed by atoms with Crippen LogP contribution in [0.4, 0.5) is 0 Å². The van der Waals surface area contributed by atoms with Crippen molar-refractivity contribution < 1.29 is 0 Å². The number of benzene rings is 2. The standard InChI is InChI=1S/C24H18N2/c1-3-9-20-18(7-1)19-8-2-4-10-21(19)22(20)15-17-12-13-24(26-16-17)23-11-5-6-14-25-23/h1-14,16,22H,15H2. The molecule has 0 amide bonds. The Bertz CT molecular complexity index is 1010. The molecule has 0 N–H and O–H groups in total. The molecular weight excluding hydrogens is 316 g/mol. The average molecular weight is 334 g/mol. The van der Waals surface area contributed by atoms with Crippen molar-refractivity contribution in [1.29, 1.82) is 0 Å². The van der Waals surface area contributed by atoms with Crippen LogP contribution in [-0.2, 0) is 6.42 Å². The third-order valence-electron chi connectivity index (χ3n) is 5.15. The minimum absolute atomic E-state index is 0.393. The van der Waals surface area contributed by atoms with Crippen molar-refractivity contribution >= 4 is 0 Å². The second kappa shape index (κ2) is 6.23. The Balaban J connectivity index is 1.48. The van der Waals surface area contributed by atoms with E-state index >= 15 is 0 Å². The lowest BCUT2D eigenvalue weighted by atomic mass is 9.90. The van der Waals surface area contributed by atoms with Gasteiger partial charge in [0.1, 0.15) is 0 Å². The first kappa shape index (κ1) is 15.0. The van der Waals surface area contributed by atoms with Crippen LogP contribution in [0.25, 0.3) is 22.5 Å². The summed E-state index contributed by atoms with van der Waals surface area (Å²) < 4.78 is 0. The van der Waals surface area contributed by atoms with Crippen LogP contribution < -0.4 is 0 Å². The summed E-state index contributed by atoms with van der Waals surface area (Å²) in [7, 11) is 0. The molecule has 1 aliphatic carbocycles. The highest BCUT2D eigenvalue weighted by Gasteiger charge is 2.27. The van der Waals surface area contributed by atoms with Crippen molar-refractivity contribution in [2.24, 2.45) is 0 Å². The zero-order chi connectivity index (χ0) is 17.3. The van der Waals surface area contributed by atoms with E-state index in [1.54, 1.807) is 6.20 Å². The molecule has 0 radical (unpaired) electrons. The van der Waals surface area contributed by atoms with Crippen molar-refractivity contribution in [3.63, 3.8) is 0 Å². The third-order valence-corrected chi connectivity index (χ3v) is 5.15. The quantitative estimate of drug-likeness (QED) is 0.494. The smallest absolute Gasteiger partial charge is 0.0886 e. The Morgan fingerprint density at radius 3 is 1.88 bits per heavy atom. The molecule has 2 aromatic carbocycles. The van der Waals surface area contributed by atoms with E-state index in [1.165, 1.54) is 27.8 Å². The molecule has 5 rings (SSSR count). The van der Waals surface area contributed by atoms with Gasteiger partial charge in [0.2, 0.25) is 0 Å². The zero-order valence-electron chi connectivity index (χ0n) is 14.3. The lowest BCUT2D eigenvalue weighted by molar-refractivity contribution is 0.823. The Kier molecular flexibility index (Phi) is 3.60. The molecule has 2 aromatic heterocycles. The molecule has 0 spiro atoms. The summed E-state index contributed by atoms with van der Waals surface area (Å²) in [5, 5.41) is 0. The topological polar surface area (TPSA) is 25.8 Å². The average Bonchev–Trinajstić information content (AvgIpc) is 3.04. The van der Waals surface area contributed by atoms with Gasteiger partial charge in [-0.25, -0.2) is 0 Å². The van der Waals surface area contributed by atoms with E-state index in [9.17, 15) is 0 Å². The second-order valence-electron chi connectivity index (χ2n) is 6.70. The van der Waals surface area contributed by atoms with Gasteiger partial charge in [0.25, 0.3) is 0 Å². The lowest BCUT2D eigenvalue weighted by Gasteiger charge is -2.14. The fourth-order valence-corrected chi connectivity index (χ4v) is 3.93. The van der Waals surface area contributed by atoms with Crippen LogP contribution in [-0.4, -0.2) is 9.97 Å². The first-order valence-electron chi connectivity index (χ1n) is 8.95. The second-order valence-corrected chi connectivity index (χ2v) is 6.70. The minimum Gasteiger partial charge on any atom is -0.255 e. The van der Waals surface area contributed by atoms with Crippen LogP contribution >= 0.6 is 0 Å². The highest BCUT2D eigenvalue weighted by Crippen LogP contribution is 2.45. The van der Waals surface area contributed by atoms with Crippen LogP contribution in [0.15, 0.2) is 91.3 Å². The monoisotopic (exact) mass is 334 g/mol. The van der Waals surface area contributed by atoms with Crippen molar-refractivity contribution in [3.8, 4) is 22.5 Å². The predicted molar refractivity (Wildman–Crippen MR) is 105 cm³/mol. The summed E-state index contributed by atoms with van der Waals surface area (Å²) in [6.07, 6.45) is 4.76. The van der Waals surface area contributed by atoms with Crippen molar-refractivity contribution in [2.75, 3.05) is 0 Å². The first-order chi connectivity index (χ1) is 12.9. The molecule has 0 aliphatic heterocycles. The van der Waals surface area contributed by atoms with Crippen molar-refractivity contribution in [3.05, 3.63) is 108 Å². The molecule has 0 bridgehead atoms. The van der Waals surface area contributed by atoms with Gasteiger partial charge in [-0.3, -0.25) is 9.97 Å². The van der Waals surface area contributed by atoms with Gasteiger partial charge in [0.05, 0.1) is 11.4 Å². The maximum absolute atomic E-state index is 4.64. The van der Waals surface area contributed by atoms with Crippen LogP contribution in [0.2, 0.25) is 0 Å². The number of hydrogen-bond acceptors (Lipinski definition) is 2. The molecule has 1 aliphatic rings. The minimum atomic E-state index is 0.393. The number of aromatic nitrogens is 2. The summed E-state index contributed by atoms with van der Waals surface area (Å²) in [5.41, 5.74) is 8.65. The largest absolute Gasteiger partial charge is 0.255 e. The fourth-order valence-electron chi connectivity index (χ4n) is 3.93. The predicted octanol–water partition coefficient (Wildman–Crippen LogP) is 5.50. The van der Waals surface area contributed by atoms with Gasteiger partial charge in [-0.2, -0.15) is 0 Å². The van der Waals surface area contributed by atoms with Gasteiger partial charge >= 0.3 is 0 Å². The third kappa shape index (κ3) is 2.51. The highest BCUT2D eigenvalue weighted by molar-refractivity contribution is 5.78. The van der Waals surface area contributed by atoms with Crippen LogP contribution in [0, 0.1) is 0 Å². The van der Waals surface area contributed by atoms with E-state index in [0.29, 0.717) is 5.92 Å². The van der Waals surface area contributed by atoms with E-state index in [4.69, 9.17) is 0 Å². The highest BCUT2D eigenvalue weighted by atomic mass is 14.8. The Labute approximate surface area is 153 Å². The van der Waals surface area contributed by atoms with E-state index in [1.807, 2.05) is 24.4 Å². The van der Waals surface area contributed by atoms with Gasteiger partial charge in [0.15, 0.2) is 0 Å². The lowest BCUT2D eigenvalue weighted by Crippen LogP contribution is -2.02. The normalized spacial score (nSPS) is 12.6. The van der Waals surface area contributed by atoms with E-state index in [-0.39, 0.29) is 0 Å². The maximum atomic E-state index is 4.64. The van der Waals surface area contributed by atoms with Crippen LogP contribution in [0.1, 0.15) is 22.6 Å². The first-order valence-corrected chi connectivity index (χ1v) is 8.95. The SMILES string of the molecule is c1ccc(-c2ccc(CC3c4ccccc4-c4ccccc43)cn2)nc1. The number of pyridine rings is 2. The fraction of sp³-hybridized carbons (Fsp3) is 0.0833. The maximum Gasteiger partial charge on any atom is 0.0886 e. The molecule has 2 heteroatoms. The summed E-state index contributed by atoms with van der Waals surface area (Å²) >= 11 is 0. The van der Waals surface area contributed by atoms with Crippen molar-refractivity contribution in [1.82, 2.24) is 9.97 Å². The van der Waals surface area contributed by atoms with Crippen LogP contribution in [0.5, 0.6) is 0 Å². The molecule has 26 heavy (non-hydrogen) atoms. The molecule has 0 fully saturated rings. The molecule has 2 heterocycles. The molecule has 2 nitrogen and oxygen atoms in total. The van der Waals surface area contributed by atoms with E-state index < -0.39 is 0 Å². The molecule has 0 atom stereocenters. The van der Waals surface area contributed by atoms with Gasteiger partial charge in [0, 0.05) is 18.3 Å². The Morgan fingerprint density at radius 2 is 1.27 bits per heavy atom. The Morgan fingerprint density at radius 1 is 0.615 bits per heavy atom. The molecule has 4 aromatic rings.